The quantitative estimate of drug-likeness (QED) is 0.490. The Balaban J connectivity index is 1.96. The van der Waals surface area contributed by atoms with E-state index in [0.717, 1.165) is 17.1 Å². The Morgan fingerprint density at radius 3 is 3.00 bits per heavy atom. The first-order valence-electron chi connectivity index (χ1n) is 5.53. The Bertz CT molecular complexity index is 651. The fraction of sp³-hybridized carbons (Fsp3) is 0. The van der Waals surface area contributed by atoms with Crippen LogP contribution in [0.15, 0.2) is 53.6 Å². The summed E-state index contributed by atoms with van der Waals surface area (Å²) in [5.41, 5.74) is 5.83. The van der Waals surface area contributed by atoms with E-state index in [2.05, 4.69) is 10.7 Å². The Kier molecular flexibility index (Phi) is 2.73. The van der Waals surface area contributed by atoms with E-state index in [1.54, 1.807) is 24.4 Å². The average Bonchev–Trinajstić information content (AvgIpc) is 2.81. The van der Waals surface area contributed by atoms with Crippen LogP contribution in [0.3, 0.4) is 0 Å². The second kappa shape index (κ2) is 4.42. The minimum absolute atomic E-state index is 0.0499. The van der Waals surface area contributed by atoms with Crippen LogP contribution in [-0.2, 0) is 0 Å². The minimum atomic E-state index is -0.418. The molecule has 0 amide bonds. The lowest BCUT2D eigenvalue weighted by atomic mass is 10.1. The average molecular weight is 277 g/mol. The summed E-state index contributed by atoms with van der Waals surface area (Å²) in [6, 6.07) is 6.43. The van der Waals surface area contributed by atoms with Crippen LogP contribution in [0, 0.1) is 10.1 Å². The number of hydrogen-bond acceptors (Lipinski definition) is 3. The van der Waals surface area contributed by atoms with E-state index in [0.29, 0.717) is 10.2 Å². The maximum absolute atomic E-state index is 10.8. The summed E-state index contributed by atoms with van der Waals surface area (Å²) >= 11 is 5.88. The van der Waals surface area contributed by atoms with Gasteiger partial charge < -0.3 is 10.7 Å². The molecule has 1 aromatic rings. The molecule has 2 heterocycles. The standard InChI is InChI=1S/C12H9ClN4O2/c13-11-4-5-12-14-7-10(16(12)15-11)8-2-1-3-9(6-8)17(18)19/h1-7,14,16H. The molecule has 7 heteroatoms. The van der Waals surface area contributed by atoms with Crippen molar-refractivity contribution in [3.8, 4) is 0 Å². The van der Waals surface area contributed by atoms with E-state index in [1.807, 2.05) is 6.08 Å². The van der Waals surface area contributed by atoms with Gasteiger partial charge in [0, 0.05) is 23.8 Å². The molecular formula is C12H9ClN4O2. The molecule has 0 bridgehead atoms. The molecule has 0 aliphatic carbocycles. The lowest BCUT2D eigenvalue weighted by molar-refractivity contribution is -0.735. The summed E-state index contributed by atoms with van der Waals surface area (Å²) in [6.45, 7) is 0. The molecule has 2 aliphatic heterocycles. The number of rotatable bonds is 2. The Morgan fingerprint density at radius 2 is 2.21 bits per heavy atom. The van der Waals surface area contributed by atoms with Crippen molar-refractivity contribution in [2.45, 2.75) is 0 Å². The fourth-order valence-corrected chi connectivity index (χ4v) is 2.13. The van der Waals surface area contributed by atoms with E-state index in [-0.39, 0.29) is 5.69 Å². The molecule has 96 valence electrons. The topological polar surface area (TPSA) is 73.7 Å². The van der Waals surface area contributed by atoms with Gasteiger partial charge in [0.15, 0.2) is 5.70 Å². The summed E-state index contributed by atoms with van der Waals surface area (Å²) in [5, 5.41) is 15.0. The molecule has 2 aliphatic rings. The van der Waals surface area contributed by atoms with Gasteiger partial charge in [-0.05, 0) is 11.2 Å². The van der Waals surface area contributed by atoms with Gasteiger partial charge >= 0.3 is 0 Å². The van der Waals surface area contributed by atoms with Crippen LogP contribution < -0.4 is 10.3 Å². The molecular weight excluding hydrogens is 268 g/mol. The van der Waals surface area contributed by atoms with Crippen molar-refractivity contribution >= 4 is 23.0 Å². The molecule has 0 spiro atoms. The van der Waals surface area contributed by atoms with Crippen molar-refractivity contribution in [2.24, 2.45) is 0 Å². The second-order valence-electron chi connectivity index (χ2n) is 4.04. The molecule has 0 saturated heterocycles. The SMILES string of the molecule is O=[N+]([O-])c1cccc(C2=CNC3=CC=C(Cl)[N-][NH+]32)c1. The molecule has 3 rings (SSSR count). The lowest BCUT2D eigenvalue weighted by Gasteiger charge is -2.31. The monoisotopic (exact) mass is 276 g/mol. The third-order valence-corrected chi connectivity index (χ3v) is 3.07. The second-order valence-corrected chi connectivity index (χ2v) is 4.43. The maximum Gasteiger partial charge on any atom is 0.270 e. The molecule has 19 heavy (non-hydrogen) atoms. The summed E-state index contributed by atoms with van der Waals surface area (Å²) in [4.78, 5) is 10.4. The van der Waals surface area contributed by atoms with E-state index >= 15 is 0 Å². The van der Waals surface area contributed by atoms with Gasteiger partial charge in [-0.25, -0.2) is 0 Å². The number of hydrogen-bond donors (Lipinski definition) is 2. The first kappa shape index (κ1) is 11.8. The molecule has 1 atom stereocenters. The highest BCUT2D eigenvalue weighted by Crippen LogP contribution is 2.21. The van der Waals surface area contributed by atoms with Crippen LogP contribution in [0.25, 0.3) is 11.1 Å². The number of nitrogens with one attached hydrogen (secondary N) is 2. The van der Waals surface area contributed by atoms with Crippen molar-refractivity contribution in [1.82, 2.24) is 5.32 Å². The highest BCUT2D eigenvalue weighted by Gasteiger charge is 2.25. The zero-order chi connectivity index (χ0) is 13.4. The summed E-state index contributed by atoms with van der Waals surface area (Å²) < 4.78 is 0. The van der Waals surface area contributed by atoms with Crippen molar-refractivity contribution < 1.29 is 9.93 Å². The van der Waals surface area contributed by atoms with Crippen LogP contribution in [0.5, 0.6) is 0 Å². The van der Waals surface area contributed by atoms with Crippen LogP contribution in [0.2, 0.25) is 0 Å². The predicted octanol–water partition coefficient (Wildman–Crippen LogP) is 1.61. The molecule has 2 N–H and O–H groups in total. The zero-order valence-electron chi connectivity index (χ0n) is 9.63. The van der Waals surface area contributed by atoms with Crippen molar-refractivity contribution in [1.29, 1.82) is 0 Å². The number of halogens is 1. The van der Waals surface area contributed by atoms with Crippen molar-refractivity contribution in [2.75, 3.05) is 0 Å². The molecule has 0 saturated carbocycles. The summed E-state index contributed by atoms with van der Waals surface area (Å²) in [5.74, 6) is 0.839. The molecule has 0 radical (unpaired) electrons. The van der Waals surface area contributed by atoms with Crippen LogP contribution in [0.4, 0.5) is 5.69 Å². The Morgan fingerprint density at radius 1 is 1.37 bits per heavy atom. The Labute approximate surface area is 113 Å². The number of fused-ring (bicyclic) bond motifs is 1. The highest BCUT2D eigenvalue weighted by molar-refractivity contribution is 6.31. The van der Waals surface area contributed by atoms with Gasteiger partial charge in [0.2, 0.25) is 5.82 Å². The fourth-order valence-electron chi connectivity index (χ4n) is 1.98. The third kappa shape index (κ3) is 2.07. The number of nitro groups is 1. The maximum atomic E-state index is 10.8. The van der Waals surface area contributed by atoms with Crippen LogP contribution >= 0.6 is 11.6 Å². The normalized spacial score (nSPS) is 20.5. The van der Waals surface area contributed by atoms with Crippen LogP contribution in [0.1, 0.15) is 5.56 Å². The number of benzene rings is 1. The van der Waals surface area contributed by atoms with E-state index < -0.39 is 4.92 Å². The molecule has 1 aromatic carbocycles. The minimum Gasteiger partial charge on any atom is -0.466 e. The first-order chi connectivity index (χ1) is 9.15. The number of allylic oxidation sites excluding steroid dienone is 2. The molecule has 0 fully saturated rings. The van der Waals surface area contributed by atoms with E-state index in [4.69, 9.17) is 11.6 Å². The molecule has 0 aromatic heterocycles. The van der Waals surface area contributed by atoms with Gasteiger partial charge in [0.25, 0.3) is 5.69 Å². The zero-order valence-corrected chi connectivity index (χ0v) is 10.4. The number of non-ortho nitro benzene ring substituents is 1. The summed E-state index contributed by atoms with van der Waals surface area (Å²) in [6.07, 6.45) is 5.29. The van der Waals surface area contributed by atoms with Gasteiger partial charge in [0.05, 0.1) is 11.1 Å². The predicted molar refractivity (Wildman–Crippen MR) is 70.5 cm³/mol. The van der Waals surface area contributed by atoms with Crippen molar-refractivity contribution in [3.05, 3.63) is 74.7 Å². The smallest absolute Gasteiger partial charge is 0.270 e. The highest BCUT2D eigenvalue weighted by atomic mass is 35.5. The third-order valence-electron chi connectivity index (χ3n) is 2.86. The molecule has 6 nitrogen and oxygen atoms in total. The van der Waals surface area contributed by atoms with Gasteiger partial charge in [-0.2, -0.15) is 0 Å². The molecule has 1 unspecified atom stereocenters. The van der Waals surface area contributed by atoms with E-state index in [9.17, 15) is 10.1 Å². The van der Waals surface area contributed by atoms with Gasteiger partial charge in [-0.1, -0.05) is 12.1 Å². The lowest BCUT2D eigenvalue weighted by Crippen LogP contribution is -3.03. The number of nitro benzene ring substituents is 1. The summed E-state index contributed by atoms with van der Waals surface area (Å²) in [7, 11) is 0. The largest absolute Gasteiger partial charge is 0.466 e. The number of quaternary nitrogens is 1. The van der Waals surface area contributed by atoms with Gasteiger partial charge in [-0.3, -0.25) is 15.1 Å². The van der Waals surface area contributed by atoms with E-state index in [1.165, 1.54) is 12.1 Å². The van der Waals surface area contributed by atoms with Gasteiger partial charge in [0.1, 0.15) is 0 Å². The van der Waals surface area contributed by atoms with Crippen molar-refractivity contribution in [3.63, 3.8) is 0 Å². The Hall–Kier alpha value is -2.31. The van der Waals surface area contributed by atoms with Gasteiger partial charge in [-0.15, -0.1) is 11.6 Å². The first-order valence-corrected chi connectivity index (χ1v) is 5.91. The number of nitrogens with zero attached hydrogens (tertiary/aromatic N) is 2. The van der Waals surface area contributed by atoms with Crippen LogP contribution in [-0.4, -0.2) is 4.92 Å².